The van der Waals surface area contributed by atoms with Crippen LogP contribution >= 0.6 is 7.82 Å². The Kier molecular flexibility index (Phi) is 49.4. The number of amides is 1. The molecule has 0 saturated carbocycles. The van der Waals surface area contributed by atoms with Crippen LogP contribution in [0, 0.1) is 0 Å². The lowest BCUT2D eigenvalue weighted by Gasteiger charge is -2.26. The molecule has 0 fully saturated rings. The zero-order valence-corrected chi connectivity index (χ0v) is 46.9. The highest BCUT2D eigenvalue weighted by Crippen LogP contribution is 2.43. The average molecular weight is 999 g/mol. The van der Waals surface area contributed by atoms with E-state index in [2.05, 4.69) is 116 Å². The second kappa shape index (κ2) is 51.3. The van der Waals surface area contributed by atoms with Crippen molar-refractivity contribution in [3.05, 3.63) is 97.2 Å². The van der Waals surface area contributed by atoms with Gasteiger partial charge in [-0.3, -0.25) is 13.8 Å². The zero-order valence-electron chi connectivity index (χ0n) is 46.0. The molecular formula is C61H110N2O6P+. The number of phosphoric acid groups is 1. The zero-order chi connectivity index (χ0) is 51.3. The lowest BCUT2D eigenvalue weighted by molar-refractivity contribution is -0.870. The van der Waals surface area contributed by atoms with E-state index >= 15 is 0 Å². The van der Waals surface area contributed by atoms with Crippen molar-refractivity contribution in [3.63, 3.8) is 0 Å². The predicted molar refractivity (Wildman–Crippen MR) is 304 cm³/mol. The predicted octanol–water partition coefficient (Wildman–Crippen LogP) is 17.4. The number of hydrogen-bond donors (Lipinski definition) is 3. The van der Waals surface area contributed by atoms with Crippen molar-refractivity contribution in [3.8, 4) is 0 Å². The van der Waals surface area contributed by atoms with Gasteiger partial charge < -0.3 is 19.8 Å². The number of allylic oxidation sites excluding steroid dienone is 16. The molecular weight excluding hydrogens is 888 g/mol. The number of nitrogens with one attached hydrogen (secondary N) is 1. The quantitative estimate of drug-likeness (QED) is 0.0243. The number of phosphoric ester groups is 1. The first-order valence-electron chi connectivity index (χ1n) is 28.6. The van der Waals surface area contributed by atoms with Gasteiger partial charge in [0.2, 0.25) is 5.91 Å². The van der Waals surface area contributed by atoms with Crippen LogP contribution in [0.5, 0.6) is 0 Å². The number of hydrogen-bond acceptors (Lipinski definition) is 5. The Hall–Kier alpha value is -2.58. The summed E-state index contributed by atoms with van der Waals surface area (Å²) in [6, 6.07) is -0.792. The number of aliphatic hydroxyl groups excluding tert-OH is 1. The second-order valence-electron chi connectivity index (χ2n) is 20.3. The third kappa shape index (κ3) is 53.2. The van der Waals surface area contributed by atoms with Crippen LogP contribution in [-0.2, 0) is 18.4 Å². The summed E-state index contributed by atoms with van der Waals surface area (Å²) in [5.41, 5.74) is 0. The molecule has 9 heteroatoms. The van der Waals surface area contributed by atoms with E-state index in [0.29, 0.717) is 30.3 Å². The first kappa shape index (κ1) is 67.4. The largest absolute Gasteiger partial charge is 0.472 e. The fraction of sp³-hybridized carbons (Fsp3) is 0.721. The summed E-state index contributed by atoms with van der Waals surface area (Å²) in [6.07, 6.45) is 73.2. The van der Waals surface area contributed by atoms with Gasteiger partial charge in [0.1, 0.15) is 13.2 Å². The van der Waals surface area contributed by atoms with Crippen molar-refractivity contribution >= 4 is 13.7 Å². The summed E-state index contributed by atoms with van der Waals surface area (Å²) in [7, 11) is 1.57. The molecule has 0 aliphatic carbocycles. The Morgan fingerprint density at radius 1 is 0.500 bits per heavy atom. The van der Waals surface area contributed by atoms with Gasteiger partial charge in [-0.05, 0) is 77.0 Å². The fourth-order valence-corrected chi connectivity index (χ4v) is 8.62. The fourth-order valence-electron chi connectivity index (χ4n) is 7.89. The Morgan fingerprint density at radius 3 is 1.23 bits per heavy atom. The van der Waals surface area contributed by atoms with Crippen molar-refractivity contribution in [1.82, 2.24) is 5.32 Å². The average Bonchev–Trinajstić information content (AvgIpc) is 3.32. The Labute approximate surface area is 432 Å². The third-order valence-corrected chi connectivity index (χ3v) is 13.3. The maximum atomic E-state index is 13.0. The smallest absolute Gasteiger partial charge is 0.391 e. The van der Waals surface area contributed by atoms with Crippen molar-refractivity contribution in [2.24, 2.45) is 0 Å². The Morgan fingerprint density at radius 2 is 0.857 bits per heavy atom. The van der Waals surface area contributed by atoms with Gasteiger partial charge in [0.15, 0.2) is 0 Å². The minimum absolute atomic E-state index is 0.0609. The molecule has 8 nitrogen and oxygen atoms in total. The summed E-state index contributed by atoms with van der Waals surface area (Å²) in [5, 5.41) is 14.0. The molecule has 0 saturated heterocycles. The third-order valence-electron chi connectivity index (χ3n) is 12.3. The summed E-state index contributed by atoms with van der Waals surface area (Å²) in [6.45, 7) is 4.75. The summed E-state index contributed by atoms with van der Waals surface area (Å²) in [5.74, 6) is -0.188. The van der Waals surface area contributed by atoms with Crippen LogP contribution in [0.2, 0.25) is 0 Å². The van der Waals surface area contributed by atoms with Crippen LogP contribution in [0.1, 0.15) is 232 Å². The van der Waals surface area contributed by atoms with E-state index in [0.717, 1.165) is 83.5 Å². The van der Waals surface area contributed by atoms with Gasteiger partial charge in [-0.15, -0.1) is 0 Å². The first-order valence-corrected chi connectivity index (χ1v) is 30.1. The van der Waals surface area contributed by atoms with Gasteiger partial charge in [0, 0.05) is 6.42 Å². The maximum absolute atomic E-state index is 13.0. The maximum Gasteiger partial charge on any atom is 0.472 e. The molecule has 70 heavy (non-hydrogen) atoms. The van der Waals surface area contributed by atoms with Crippen LogP contribution in [-0.4, -0.2) is 73.4 Å². The van der Waals surface area contributed by atoms with Gasteiger partial charge in [-0.2, -0.15) is 0 Å². The van der Waals surface area contributed by atoms with Crippen molar-refractivity contribution in [2.75, 3.05) is 40.9 Å². The Bertz CT molecular complexity index is 1460. The van der Waals surface area contributed by atoms with Gasteiger partial charge in [-0.25, -0.2) is 4.57 Å². The molecule has 0 bridgehead atoms. The minimum Gasteiger partial charge on any atom is -0.391 e. The standard InChI is InChI=1S/C61H109N2O6P/c1-6-8-10-12-14-16-18-20-22-24-26-28-29-30-31-32-33-35-37-39-41-43-45-47-49-51-53-55-61(65)62-59(58-69-70(66,67)68-57-56-63(3,4)5)60(64)54-52-50-48-46-44-42-40-38-36-34-27-25-23-21-19-17-15-13-11-9-7-2/h8,10,14,16,20,22,26,28,30-31,33,35,39,41,45,47,59-60,64H,6-7,9,11-13,15,17-19,21,23-25,27,29,32,34,36-38,40,42-44,46,48-58H2,1-5H3,(H-,62,65,66,67)/p+1/b10-8-,16-14-,22-20-,28-26-,31-30-,35-33-,41-39-,47-45-. The molecule has 0 aromatic heterocycles. The van der Waals surface area contributed by atoms with Crippen LogP contribution in [0.25, 0.3) is 0 Å². The van der Waals surface area contributed by atoms with Crippen molar-refractivity contribution in [2.45, 2.75) is 244 Å². The molecule has 3 atom stereocenters. The number of carbonyl (C=O) groups excluding carboxylic acids is 1. The van der Waals surface area contributed by atoms with E-state index in [1.807, 2.05) is 21.1 Å². The molecule has 0 heterocycles. The van der Waals surface area contributed by atoms with E-state index < -0.39 is 20.0 Å². The highest BCUT2D eigenvalue weighted by molar-refractivity contribution is 7.47. The number of aliphatic hydroxyl groups is 1. The lowest BCUT2D eigenvalue weighted by atomic mass is 10.0. The van der Waals surface area contributed by atoms with Crippen LogP contribution in [0.4, 0.5) is 0 Å². The SMILES string of the molecule is CC/C=C\C/C=C\C/C=C\C/C=C\C/C=C\C/C=C\C/C=C\C/C=C\CCCCC(=O)NC(COP(=O)(O)OCC[N+](C)(C)C)C(O)CCCCCCCCCCCCCCCCCCCCCCC. The van der Waals surface area contributed by atoms with E-state index in [9.17, 15) is 19.4 Å². The van der Waals surface area contributed by atoms with Crippen molar-refractivity contribution < 1.29 is 32.9 Å². The van der Waals surface area contributed by atoms with Crippen molar-refractivity contribution in [1.29, 1.82) is 0 Å². The van der Waals surface area contributed by atoms with Crippen LogP contribution in [0.3, 0.4) is 0 Å². The number of nitrogens with zero attached hydrogens (tertiary/aromatic N) is 1. The highest BCUT2D eigenvalue weighted by Gasteiger charge is 2.28. The molecule has 1 amide bonds. The number of quaternary nitrogens is 1. The Balaban J connectivity index is 4.32. The van der Waals surface area contributed by atoms with E-state index in [1.54, 1.807) is 0 Å². The van der Waals surface area contributed by atoms with Gasteiger partial charge in [-0.1, -0.05) is 246 Å². The molecule has 0 aromatic carbocycles. The van der Waals surface area contributed by atoms with Gasteiger partial charge >= 0.3 is 7.82 Å². The van der Waals surface area contributed by atoms with E-state index in [4.69, 9.17) is 9.05 Å². The van der Waals surface area contributed by atoms with E-state index in [1.165, 1.54) is 116 Å². The number of carbonyl (C=O) groups is 1. The molecule has 0 aliphatic heterocycles. The van der Waals surface area contributed by atoms with E-state index in [-0.39, 0.29) is 19.1 Å². The van der Waals surface area contributed by atoms with Crippen LogP contribution < -0.4 is 5.32 Å². The molecule has 404 valence electrons. The van der Waals surface area contributed by atoms with Crippen LogP contribution in [0.15, 0.2) is 97.2 Å². The molecule has 0 spiro atoms. The monoisotopic (exact) mass is 998 g/mol. The molecule has 0 aromatic rings. The topological polar surface area (TPSA) is 105 Å². The number of unbranched alkanes of at least 4 members (excludes halogenated alkanes) is 22. The second-order valence-corrected chi connectivity index (χ2v) is 21.7. The molecule has 3 N–H and O–H groups in total. The number of likely N-dealkylation sites (N-methyl/N-ethyl adjacent to an activating group) is 1. The summed E-state index contributed by atoms with van der Waals surface area (Å²) >= 11 is 0. The summed E-state index contributed by atoms with van der Waals surface area (Å²) < 4.78 is 23.8. The molecule has 0 rings (SSSR count). The highest BCUT2D eigenvalue weighted by atomic mass is 31.2. The molecule has 0 aliphatic rings. The number of rotatable bonds is 51. The normalized spacial score (nSPS) is 14.7. The molecule has 3 unspecified atom stereocenters. The minimum atomic E-state index is -4.34. The molecule has 0 radical (unpaired) electrons. The first-order chi connectivity index (χ1) is 34.0. The van der Waals surface area contributed by atoms with Gasteiger partial charge in [0.05, 0.1) is 39.9 Å². The van der Waals surface area contributed by atoms with Gasteiger partial charge in [0.25, 0.3) is 0 Å². The lowest BCUT2D eigenvalue weighted by Crippen LogP contribution is -2.46. The summed E-state index contributed by atoms with van der Waals surface area (Å²) in [4.78, 5) is 23.3.